The molecule has 0 bridgehead atoms. The van der Waals surface area contributed by atoms with Gasteiger partial charge in [-0.3, -0.25) is 5.26 Å². The van der Waals surface area contributed by atoms with Crippen LogP contribution in [0.1, 0.15) is 64.7 Å². The lowest BCUT2D eigenvalue weighted by molar-refractivity contribution is -0.242. The Morgan fingerprint density at radius 2 is 1.41 bits per heavy atom. The average Bonchev–Trinajstić information content (AvgIpc) is 2.35. The van der Waals surface area contributed by atoms with Crippen LogP contribution in [0.25, 0.3) is 0 Å². The standard InChI is InChI=1S/C15H28O2/c1-2-3-4-5-6-7-8-9-10-11-12-13-14-15-17-16/h9-12,16H,2-8,13-15H2,1H3. The third kappa shape index (κ3) is 15.4. The lowest BCUT2D eigenvalue weighted by Gasteiger charge is -1.97. The Labute approximate surface area is 106 Å². The fourth-order valence-corrected chi connectivity index (χ4v) is 1.66. The van der Waals surface area contributed by atoms with Crippen molar-refractivity contribution in [2.24, 2.45) is 0 Å². The largest absolute Gasteiger partial charge is 0.252 e. The molecule has 0 aliphatic carbocycles. The Morgan fingerprint density at radius 3 is 2.06 bits per heavy atom. The van der Waals surface area contributed by atoms with E-state index < -0.39 is 0 Å². The van der Waals surface area contributed by atoms with Crippen molar-refractivity contribution in [3.8, 4) is 0 Å². The summed E-state index contributed by atoms with van der Waals surface area (Å²) in [6.07, 6.45) is 19.7. The summed E-state index contributed by atoms with van der Waals surface area (Å²) in [4.78, 5) is 3.99. The van der Waals surface area contributed by atoms with Crippen LogP contribution >= 0.6 is 0 Å². The summed E-state index contributed by atoms with van der Waals surface area (Å²) in [5.74, 6) is 0. The van der Waals surface area contributed by atoms with Crippen LogP contribution in [-0.2, 0) is 4.89 Å². The Hall–Kier alpha value is -0.600. The molecule has 0 unspecified atom stereocenters. The van der Waals surface area contributed by atoms with Crippen molar-refractivity contribution in [3.63, 3.8) is 0 Å². The first kappa shape index (κ1) is 16.4. The van der Waals surface area contributed by atoms with Gasteiger partial charge in [0.25, 0.3) is 0 Å². The average molecular weight is 240 g/mol. The van der Waals surface area contributed by atoms with Gasteiger partial charge in [-0.2, -0.15) is 0 Å². The smallest absolute Gasteiger partial charge is 0.0822 e. The molecule has 0 fully saturated rings. The molecule has 17 heavy (non-hydrogen) atoms. The van der Waals surface area contributed by atoms with Crippen LogP contribution in [0.15, 0.2) is 24.3 Å². The first-order chi connectivity index (χ1) is 8.41. The summed E-state index contributed by atoms with van der Waals surface area (Å²) in [6.45, 7) is 2.67. The maximum absolute atomic E-state index is 8.11. The van der Waals surface area contributed by atoms with E-state index in [2.05, 4.69) is 36.1 Å². The second-order valence-electron chi connectivity index (χ2n) is 4.39. The van der Waals surface area contributed by atoms with Gasteiger partial charge in [-0.25, -0.2) is 4.89 Å². The molecule has 0 atom stereocenters. The number of rotatable bonds is 12. The van der Waals surface area contributed by atoms with E-state index in [-0.39, 0.29) is 0 Å². The quantitative estimate of drug-likeness (QED) is 0.222. The van der Waals surface area contributed by atoms with Crippen LogP contribution in [0.4, 0.5) is 0 Å². The summed E-state index contributed by atoms with van der Waals surface area (Å²) in [5.41, 5.74) is 0. The van der Waals surface area contributed by atoms with E-state index in [9.17, 15) is 0 Å². The molecule has 0 aromatic rings. The number of allylic oxidation sites excluding steroid dienone is 4. The van der Waals surface area contributed by atoms with E-state index in [4.69, 9.17) is 5.26 Å². The van der Waals surface area contributed by atoms with Crippen LogP contribution in [-0.4, -0.2) is 11.9 Å². The van der Waals surface area contributed by atoms with E-state index >= 15 is 0 Å². The minimum atomic E-state index is 0.422. The number of hydrogen-bond donors (Lipinski definition) is 1. The first-order valence-corrected chi connectivity index (χ1v) is 6.99. The van der Waals surface area contributed by atoms with Gasteiger partial charge in [0.1, 0.15) is 0 Å². The molecular formula is C15H28O2. The van der Waals surface area contributed by atoms with Crippen molar-refractivity contribution in [1.29, 1.82) is 0 Å². The lowest BCUT2D eigenvalue weighted by atomic mass is 10.1. The van der Waals surface area contributed by atoms with Gasteiger partial charge >= 0.3 is 0 Å². The maximum atomic E-state index is 8.11. The molecule has 0 saturated carbocycles. The van der Waals surface area contributed by atoms with E-state index in [1.165, 1.54) is 44.9 Å². The molecule has 0 radical (unpaired) electrons. The highest BCUT2D eigenvalue weighted by Gasteiger charge is 1.87. The molecule has 1 N–H and O–H groups in total. The molecule has 0 amide bonds. The van der Waals surface area contributed by atoms with Gasteiger partial charge in [0, 0.05) is 0 Å². The van der Waals surface area contributed by atoms with E-state index in [1.54, 1.807) is 0 Å². The third-order valence-corrected chi connectivity index (χ3v) is 2.71. The summed E-state index contributed by atoms with van der Waals surface area (Å²) in [5, 5.41) is 8.11. The van der Waals surface area contributed by atoms with Crippen LogP contribution in [0, 0.1) is 0 Å². The molecular weight excluding hydrogens is 212 g/mol. The van der Waals surface area contributed by atoms with Gasteiger partial charge in [-0.05, 0) is 25.7 Å². The molecule has 0 saturated heterocycles. The molecule has 0 heterocycles. The Morgan fingerprint density at radius 1 is 0.824 bits per heavy atom. The Balaban J connectivity index is 3.13. The third-order valence-electron chi connectivity index (χ3n) is 2.71. The maximum Gasteiger partial charge on any atom is 0.0822 e. The molecule has 0 rings (SSSR count). The second kappa shape index (κ2) is 15.4. The summed E-state index contributed by atoms with van der Waals surface area (Å²) < 4.78 is 0. The van der Waals surface area contributed by atoms with Gasteiger partial charge in [-0.15, -0.1) is 0 Å². The first-order valence-electron chi connectivity index (χ1n) is 6.99. The van der Waals surface area contributed by atoms with Crippen LogP contribution in [0.5, 0.6) is 0 Å². The normalized spacial score (nSPS) is 11.9. The fourth-order valence-electron chi connectivity index (χ4n) is 1.66. The molecule has 0 aromatic heterocycles. The molecule has 0 spiro atoms. The van der Waals surface area contributed by atoms with Crippen molar-refractivity contribution in [1.82, 2.24) is 0 Å². The lowest BCUT2D eigenvalue weighted by Crippen LogP contribution is -1.85. The van der Waals surface area contributed by atoms with E-state index in [1.807, 2.05) is 0 Å². The summed E-state index contributed by atoms with van der Waals surface area (Å²) >= 11 is 0. The van der Waals surface area contributed by atoms with Crippen molar-refractivity contribution in [2.75, 3.05) is 6.61 Å². The van der Waals surface area contributed by atoms with Crippen molar-refractivity contribution in [3.05, 3.63) is 24.3 Å². The van der Waals surface area contributed by atoms with Crippen molar-refractivity contribution < 1.29 is 10.1 Å². The zero-order valence-corrected chi connectivity index (χ0v) is 11.2. The minimum absolute atomic E-state index is 0.422. The van der Waals surface area contributed by atoms with E-state index in [0.717, 1.165) is 12.8 Å². The van der Waals surface area contributed by atoms with Gasteiger partial charge in [-0.1, -0.05) is 63.3 Å². The predicted molar refractivity (Wildman–Crippen MR) is 74.1 cm³/mol. The zero-order chi connectivity index (χ0) is 12.6. The zero-order valence-electron chi connectivity index (χ0n) is 11.2. The monoisotopic (exact) mass is 240 g/mol. The fraction of sp³-hybridized carbons (Fsp3) is 0.733. The minimum Gasteiger partial charge on any atom is -0.252 e. The molecule has 0 aromatic carbocycles. The molecule has 0 aliphatic heterocycles. The topological polar surface area (TPSA) is 29.5 Å². The van der Waals surface area contributed by atoms with Crippen LogP contribution < -0.4 is 0 Å². The highest BCUT2D eigenvalue weighted by atomic mass is 17.1. The van der Waals surface area contributed by atoms with Crippen LogP contribution in [0.3, 0.4) is 0 Å². The number of unbranched alkanes of at least 4 members (excludes halogenated alkanes) is 7. The molecule has 100 valence electrons. The Kier molecular flexibility index (Phi) is 14.9. The highest BCUT2D eigenvalue weighted by Crippen LogP contribution is 2.07. The number of hydrogen-bond acceptors (Lipinski definition) is 2. The van der Waals surface area contributed by atoms with Crippen LogP contribution in [0.2, 0.25) is 0 Å². The predicted octanol–water partition coefficient (Wildman–Crippen LogP) is 5.12. The SMILES string of the molecule is CCCCCCCCC=CC=CCCCOO. The van der Waals surface area contributed by atoms with Crippen molar-refractivity contribution in [2.45, 2.75) is 64.7 Å². The van der Waals surface area contributed by atoms with Gasteiger partial charge < -0.3 is 0 Å². The van der Waals surface area contributed by atoms with E-state index in [0.29, 0.717) is 6.61 Å². The molecule has 2 heteroatoms. The van der Waals surface area contributed by atoms with Gasteiger partial charge in [0.15, 0.2) is 0 Å². The van der Waals surface area contributed by atoms with Gasteiger partial charge in [0.05, 0.1) is 6.61 Å². The molecule has 0 aliphatic rings. The second-order valence-corrected chi connectivity index (χ2v) is 4.39. The van der Waals surface area contributed by atoms with Gasteiger partial charge in [0.2, 0.25) is 0 Å². The highest BCUT2D eigenvalue weighted by molar-refractivity contribution is 5.02. The van der Waals surface area contributed by atoms with Crippen molar-refractivity contribution >= 4 is 0 Å². The molecule has 2 nitrogen and oxygen atoms in total. The Bertz CT molecular complexity index is 185. The summed E-state index contributed by atoms with van der Waals surface area (Å²) in [7, 11) is 0. The summed E-state index contributed by atoms with van der Waals surface area (Å²) in [6, 6.07) is 0.